The largest absolute Gasteiger partial charge is 0.380 e. The second-order valence-corrected chi connectivity index (χ2v) is 4.22. The first kappa shape index (κ1) is 14.9. The molecule has 0 aromatic rings. The molecule has 0 spiro atoms. The molecule has 0 saturated carbocycles. The van der Waals surface area contributed by atoms with Crippen molar-refractivity contribution in [3.8, 4) is 0 Å². The van der Waals surface area contributed by atoms with E-state index in [4.69, 9.17) is 4.74 Å². The van der Waals surface area contributed by atoms with Crippen LogP contribution in [0.15, 0.2) is 0 Å². The van der Waals surface area contributed by atoms with Crippen LogP contribution in [0.1, 0.15) is 53.4 Å². The van der Waals surface area contributed by atoms with Crippen LogP contribution in [0.2, 0.25) is 0 Å². The van der Waals surface area contributed by atoms with Crippen LogP contribution in [-0.2, 0) is 4.74 Å². The highest BCUT2D eigenvalue weighted by Crippen LogP contribution is 2.20. The van der Waals surface area contributed by atoms with E-state index in [1.54, 1.807) is 0 Å². The van der Waals surface area contributed by atoms with Crippen LogP contribution < -0.4 is 5.32 Å². The fraction of sp³-hybridized carbons (Fsp3) is 1.00. The molecule has 0 aromatic heterocycles. The summed E-state index contributed by atoms with van der Waals surface area (Å²) in [5.74, 6) is 0.737. The van der Waals surface area contributed by atoms with Gasteiger partial charge in [-0.05, 0) is 18.9 Å². The van der Waals surface area contributed by atoms with Gasteiger partial charge < -0.3 is 10.1 Å². The lowest BCUT2D eigenvalue weighted by atomic mass is 9.88. The fourth-order valence-electron chi connectivity index (χ4n) is 2.36. The van der Waals surface area contributed by atoms with Gasteiger partial charge in [-0.15, -0.1) is 0 Å². The Bertz CT molecular complexity index is 134. The molecule has 0 bridgehead atoms. The molecule has 92 valence electrons. The van der Waals surface area contributed by atoms with Crippen LogP contribution in [0, 0.1) is 5.92 Å². The van der Waals surface area contributed by atoms with E-state index in [9.17, 15) is 0 Å². The van der Waals surface area contributed by atoms with E-state index >= 15 is 0 Å². The van der Waals surface area contributed by atoms with E-state index in [1.807, 2.05) is 7.11 Å². The maximum atomic E-state index is 5.63. The summed E-state index contributed by atoms with van der Waals surface area (Å²) in [5.41, 5.74) is 0. The van der Waals surface area contributed by atoms with Crippen LogP contribution >= 0.6 is 0 Å². The Morgan fingerprint density at radius 2 is 1.67 bits per heavy atom. The number of rotatable bonds is 9. The summed E-state index contributed by atoms with van der Waals surface area (Å²) in [4.78, 5) is 0. The van der Waals surface area contributed by atoms with Crippen LogP contribution in [0.5, 0.6) is 0 Å². The Labute approximate surface area is 95.8 Å². The molecule has 0 aliphatic rings. The van der Waals surface area contributed by atoms with Gasteiger partial charge in [-0.1, -0.05) is 47.0 Å². The highest BCUT2D eigenvalue weighted by molar-refractivity contribution is 4.82. The average molecular weight is 215 g/mol. The van der Waals surface area contributed by atoms with E-state index in [0.717, 1.165) is 18.9 Å². The summed E-state index contributed by atoms with van der Waals surface area (Å²) in [5, 5.41) is 3.60. The first-order chi connectivity index (χ1) is 7.24. The van der Waals surface area contributed by atoms with Gasteiger partial charge in [0.25, 0.3) is 0 Å². The van der Waals surface area contributed by atoms with Crippen molar-refractivity contribution in [1.82, 2.24) is 5.32 Å². The summed E-state index contributed by atoms with van der Waals surface area (Å²) in [7, 11) is 1.84. The fourth-order valence-corrected chi connectivity index (χ4v) is 2.36. The van der Waals surface area contributed by atoms with E-state index < -0.39 is 0 Å². The van der Waals surface area contributed by atoms with Gasteiger partial charge in [0.1, 0.15) is 0 Å². The minimum Gasteiger partial charge on any atom is -0.380 e. The third kappa shape index (κ3) is 4.98. The molecule has 2 unspecified atom stereocenters. The Kier molecular flexibility index (Phi) is 9.12. The normalized spacial score (nSPS) is 15.6. The predicted octanol–water partition coefficient (Wildman–Crippen LogP) is 3.22. The van der Waals surface area contributed by atoms with Crippen molar-refractivity contribution in [2.75, 3.05) is 13.7 Å². The third-order valence-electron chi connectivity index (χ3n) is 3.27. The lowest BCUT2D eigenvalue weighted by molar-refractivity contribution is 0.0393. The Morgan fingerprint density at radius 3 is 2.00 bits per heavy atom. The van der Waals surface area contributed by atoms with Gasteiger partial charge in [-0.3, -0.25) is 0 Å². The third-order valence-corrected chi connectivity index (χ3v) is 3.27. The summed E-state index contributed by atoms with van der Waals surface area (Å²) in [6, 6.07) is 0.523. The van der Waals surface area contributed by atoms with E-state index in [1.165, 1.54) is 19.3 Å². The summed E-state index contributed by atoms with van der Waals surface area (Å²) in [6.45, 7) is 9.98. The average Bonchev–Trinajstić information content (AvgIpc) is 2.26. The quantitative estimate of drug-likeness (QED) is 0.637. The van der Waals surface area contributed by atoms with E-state index in [-0.39, 0.29) is 0 Å². The molecule has 0 amide bonds. The van der Waals surface area contributed by atoms with E-state index in [2.05, 4.69) is 33.0 Å². The van der Waals surface area contributed by atoms with Gasteiger partial charge in [-0.25, -0.2) is 0 Å². The van der Waals surface area contributed by atoms with Crippen molar-refractivity contribution in [3.05, 3.63) is 0 Å². The maximum Gasteiger partial charge on any atom is 0.0726 e. The minimum atomic E-state index is 0.375. The number of ether oxygens (including phenoxy) is 1. The zero-order valence-electron chi connectivity index (χ0n) is 11.2. The van der Waals surface area contributed by atoms with Crippen molar-refractivity contribution < 1.29 is 4.74 Å². The smallest absolute Gasteiger partial charge is 0.0726 e. The molecule has 0 aliphatic heterocycles. The number of hydrogen-bond acceptors (Lipinski definition) is 2. The molecule has 0 radical (unpaired) electrons. The molecular weight excluding hydrogens is 186 g/mol. The van der Waals surface area contributed by atoms with Gasteiger partial charge in [0.05, 0.1) is 6.10 Å². The van der Waals surface area contributed by atoms with Crippen LogP contribution in [-0.4, -0.2) is 25.8 Å². The van der Waals surface area contributed by atoms with Gasteiger partial charge >= 0.3 is 0 Å². The predicted molar refractivity (Wildman–Crippen MR) is 67.2 cm³/mol. The maximum absolute atomic E-state index is 5.63. The molecule has 0 aromatic carbocycles. The first-order valence-electron chi connectivity index (χ1n) is 6.51. The zero-order valence-corrected chi connectivity index (χ0v) is 11.2. The van der Waals surface area contributed by atoms with Crippen molar-refractivity contribution in [3.63, 3.8) is 0 Å². The molecular formula is C13H29NO. The van der Waals surface area contributed by atoms with Gasteiger partial charge in [0.15, 0.2) is 0 Å². The SMILES string of the molecule is CCCC(OC)C(NCC)C(CC)CC. The van der Waals surface area contributed by atoms with Gasteiger partial charge in [0, 0.05) is 13.2 Å². The monoisotopic (exact) mass is 215 g/mol. The molecule has 15 heavy (non-hydrogen) atoms. The summed E-state index contributed by atoms with van der Waals surface area (Å²) < 4.78 is 5.63. The Hall–Kier alpha value is -0.0800. The molecule has 1 N–H and O–H groups in total. The van der Waals surface area contributed by atoms with Crippen molar-refractivity contribution >= 4 is 0 Å². The summed E-state index contributed by atoms with van der Waals surface area (Å²) in [6.07, 6.45) is 5.19. The lowest BCUT2D eigenvalue weighted by Gasteiger charge is -2.32. The van der Waals surface area contributed by atoms with Crippen molar-refractivity contribution in [2.45, 2.75) is 65.5 Å². The van der Waals surface area contributed by atoms with Gasteiger partial charge in [-0.2, -0.15) is 0 Å². The Balaban J connectivity index is 4.43. The second kappa shape index (κ2) is 9.17. The van der Waals surface area contributed by atoms with Gasteiger partial charge in [0.2, 0.25) is 0 Å². The van der Waals surface area contributed by atoms with Crippen LogP contribution in [0.3, 0.4) is 0 Å². The van der Waals surface area contributed by atoms with Crippen molar-refractivity contribution in [2.24, 2.45) is 5.92 Å². The molecule has 0 saturated heterocycles. The molecule has 2 atom stereocenters. The second-order valence-electron chi connectivity index (χ2n) is 4.22. The number of methoxy groups -OCH3 is 1. The molecule has 2 nitrogen and oxygen atoms in total. The molecule has 0 aliphatic carbocycles. The highest BCUT2D eigenvalue weighted by Gasteiger charge is 2.25. The number of nitrogens with one attached hydrogen (secondary N) is 1. The highest BCUT2D eigenvalue weighted by atomic mass is 16.5. The topological polar surface area (TPSA) is 21.3 Å². The standard InChI is InChI=1S/C13H29NO/c1-6-10-12(15-5)13(14-9-4)11(7-2)8-3/h11-14H,6-10H2,1-5H3. The molecule has 0 heterocycles. The molecule has 0 fully saturated rings. The molecule has 2 heteroatoms. The summed E-state index contributed by atoms with van der Waals surface area (Å²) >= 11 is 0. The van der Waals surface area contributed by atoms with Crippen molar-refractivity contribution in [1.29, 1.82) is 0 Å². The lowest BCUT2D eigenvalue weighted by Crippen LogP contribution is -2.46. The van der Waals surface area contributed by atoms with Crippen LogP contribution in [0.25, 0.3) is 0 Å². The Morgan fingerprint density at radius 1 is 1.07 bits per heavy atom. The van der Waals surface area contributed by atoms with E-state index in [0.29, 0.717) is 12.1 Å². The van der Waals surface area contributed by atoms with Crippen LogP contribution in [0.4, 0.5) is 0 Å². The minimum absolute atomic E-state index is 0.375. The number of hydrogen-bond donors (Lipinski definition) is 1. The molecule has 0 rings (SSSR count). The first-order valence-corrected chi connectivity index (χ1v) is 6.51. The zero-order chi connectivity index (χ0) is 11.7. The number of likely N-dealkylation sites (N-methyl/N-ethyl adjacent to an activating group) is 1.